The maximum atomic E-state index is 12.5. The van der Waals surface area contributed by atoms with Gasteiger partial charge in [-0.15, -0.1) is 0 Å². The topological polar surface area (TPSA) is 120 Å². The molecule has 299 valence electrons. The molecule has 6 aliphatic rings. The Morgan fingerprint density at radius 1 is 0.462 bits per heavy atom. The van der Waals surface area contributed by atoms with Crippen LogP contribution in [0.5, 0.6) is 0 Å². The Kier molecular flexibility index (Phi) is 11.3. The number of Topliss-reactive ketones (excluding diaryl/α,β-unsaturated/α-hetero) is 3. The van der Waals surface area contributed by atoms with Gasteiger partial charge in [0.2, 0.25) is 0 Å². The minimum atomic E-state index is -4.94. The van der Waals surface area contributed by atoms with Crippen LogP contribution in [-0.4, -0.2) is 35.9 Å². The molecule has 6 atom stereocenters. The van der Waals surface area contributed by atoms with Gasteiger partial charge in [0.25, 0.3) is 0 Å². The fourth-order valence-electron chi connectivity index (χ4n) is 9.84. The number of carbonyl (C=O) groups is 3. The molecule has 0 aromatic carbocycles. The summed E-state index contributed by atoms with van der Waals surface area (Å²) in [6.07, 6.45) is -11.6. The zero-order valence-electron chi connectivity index (χ0n) is 30.1. The van der Waals surface area contributed by atoms with Crippen molar-refractivity contribution in [2.45, 2.75) is 119 Å². The molecule has 16 heteroatoms. The van der Waals surface area contributed by atoms with Crippen molar-refractivity contribution in [1.29, 1.82) is 0 Å². The Balaban J connectivity index is 0.000000208. The van der Waals surface area contributed by atoms with Gasteiger partial charge in [0.05, 0.1) is 0 Å². The molecule has 0 N–H and O–H groups in total. The van der Waals surface area contributed by atoms with Crippen LogP contribution in [0.15, 0.2) is 34.0 Å². The van der Waals surface area contributed by atoms with Gasteiger partial charge in [-0.3, -0.25) is 14.4 Å². The van der Waals surface area contributed by atoms with Crippen LogP contribution in [0.25, 0.3) is 0 Å². The second-order valence-electron chi connectivity index (χ2n) is 17.1. The van der Waals surface area contributed by atoms with Crippen molar-refractivity contribution >= 4 is 17.3 Å². The van der Waals surface area contributed by atoms with E-state index in [1.165, 1.54) is 0 Å². The standard InChI is InChI=1S/3C12H15F3O2.Yb/c3*1-10(2)6-4-5-11(10,3)8(16)7(6)9(17)12(13,14)15;/h3*6,17H,4-5H2,1-3H3;/q;;;+3/p-3/b9-7+;2*9-7-;. The number of halogens is 9. The second-order valence-corrected chi connectivity index (χ2v) is 17.1. The first-order valence-corrected chi connectivity index (χ1v) is 16.7. The van der Waals surface area contributed by atoms with Gasteiger partial charge in [0.1, 0.15) is 0 Å². The van der Waals surface area contributed by atoms with E-state index in [4.69, 9.17) is 0 Å². The minimum absolute atomic E-state index is 0. The summed E-state index contributed by atoms with van der Waals surface area (Å²) >= 11 is 0. The van der Waals surface area contributed by atoms with Crippen molar-refractivity contribution in [1.82, 2.24) is 0 Å². The number of fused-ring (bicyclic) bond motifs is 6. The number of carbonyl (C=O) groups excluding carboxylic acids is 3. The molecule has 6 rings (SSSR count). The van der Waals surface area contributed by atoms with Crippen molar-refractivity contribution in [3.63, 3.8) is 0 Å². The Morgan fingerprint density at radius 3 is 0.750 bits per heavy atom. The van der Waals surface area contributed by atoms with E-state index in [0.717, 1.165) is 0 Å². The Bertz CT molecular complexity index is 1460. The van der Waals surface area contributed by atoms with E-state index in [-0.39, 0.29) is 46.9 Å². The van der Waals surface area contributed by atoms with E-state index in [2.05, 4.69) is 0 Å². The monoisotopic (exact) mass is 915 g/mol. The van der Waals surface area contributed by atoms with Crippen molar-refractivity contribution in [2.75, 3.05) is 0 Å². The summed E-state index contributed by atoms with van der Waals surface area (Å²) in [6.45, 7) is 15.7. The number of ketones is 3. The van der Waals surface area contributed by atoms with Crippen LogP contribution in [-0.2, 0) is 14.4 Å². The molecule has 1 radical (unpaired) electrons. The first kappa shape index (κ1) is 44.9. The summed E-state index contributed by atoms with van der Waals surface area (Å²) < 4.78 is 112. The smallest absolute Gasteiger partial charge is 0.869 e. The molecule has 6 nitrogen and oxygen atoms in total. The maximum Gasteiger partial charge on any atom is 3.00 e. The van der Waals surface area contributed by atoms with E-state index >= 15 is 0 Å². The largest absolute Gasteiger partial charge is 3.00 e. The minimum Gasteiger partial charge on any atom is -0.869 e. The molecule has 0 spiro atoms. The number of hydrogen-bond acceptors (Lipinski definition) is 6. The second kappa shape index (κ2) is 13.0. The summed E-state index contributed by atoms with van der Waals surface area (Å²) in [5, 5.41) is 33.9. The zero-order valence-corrected chi connectivity index (χ0v) is 31.8. The number of rotatable bonds is 0. The first-order chi connectivity index (χ1) is 22.6. The van der Waals surface area contributed by atoms with Gasteiger partial charge in [0.15, 0.2) is 17.3 Å². The van der Waals surface area contributed by atoms with Crippen LogP contribution in [0, 0.1) is 97.2 Å². The van der Waals surface area contributed by atoms with Crippen molar-refractivity contribution < 1.29 is 116 Å². The Morgan fingerprint density at radius 2 is 0.635 bits per heavy atom. The fourth-order valence-corrected chi connectivity index (χ4v) is 9.84. The molecule has 0 aromatic rings. The van der Waals surface area contributed by atoms with E-state index < -0.39 is 120 Å². The normalized spacial score (nSPS) is 38.0. The third kappa shape index (κ3) is 6.15. The molecule has 52 heavy (non-hydrogen) atoms. The van der Waals surface area contributed by atoms with Crippen molar-refractivity contribution in [3.8, 4) is 0 Å². The van der Waals surface area contributed by atoms with Gasteiger partial charge in [-0.2, -0.15) is 39.5 Å². The molecule has 0 saturated heterocycles. The average Bonchev–Trinajstić information content (AvgIpc) is 3.59. The average molecular weight is 915 g/mol. The van der Waals surface area contributed by atoms with Crippen LogP contribution in [0.1, 0.15) is 101 Å². The molecule has 6 saturated carbocycles. The van der Waals surface area contributed by atoms with E-state index in [9.17, 15) is 69.2 Å². The van der Waals surface area contributed by atoms with Gasteiger partial charge >= 0.3 is 65.5 Å². The Hall–Kier alpha value is -1.48. The third-order valence-electron chi connectivity index (χ3n) is 14.5. The fraction of sp³-hybridized carbons (Fsp3) is 0.750. The number of alkyl halides is 9. The molecule has 0 aromatic heterocycles. The molecule has 0 aliphatic heterocycles. The zero-order chi connectivity index (χ0) is 39.7. The van der Waals surface area contributed by atoms with E-state index in [1.807, 2.05) is 0 Å². The van der Waals surface area contributed by atoms with Gasteiger partial charge in [0, 0.05) is 16.2 Å². The molecule has 6 bridgehead atoms. The summed E-state index contributed by atoms with van der Waals surface area (Å²) in [6, 6.07) is 0. The van der Waals surface area contributed by atoms with Crippen LogP contribution in [0.2, 0.25) is 0 Å². The number of allylic oxidation sites excluding steroid dienone is 6. The molecular formula is C36H42F9O6Yb. The summed E-state index contributed by atoms with van der Waals surface area (Å²) in [4.78, 5) is 36.1. The van der Waals surface area contributed by atoms with Gasteiger partial charge < -0.3 is 15.3 Å². The van der Waals surface area contributed by atoms with Crippen molar-refractivity contribution in [3.05, 3.63) is 34.0 Å². The molecule has 6 unspecified atom stereocenters. The molecule has 6 fully saturated rings. The van der Waals surface area contributed by atoms with E-state index in [1.54, 1.807) is 62.3 Å². The van der Waals surface area contributed by atoms with Gasteiger partial charge in [-0.25, -0.2) is 0 Å². The molecule has 0 amide bonds. The van der Waals surface area contributed by atoms with Crippen molar-refractivity contribution in [2.24, 2.45) is 50.2 Å². The summed E-state index contributed by atoms with van der Waals surface area (Å²) in [5.41, 5.74) is -5.65. The molecule has 0 heterocycles. The van der Waals surface area contributed by atoms with Crippen LogP contribution < -0.4 is 15.3 Å². The predicted molar refractivity (Wildman–Crippen MR) is 158 cm³/mol. The maximum absolute atomic E-state index is 12.5. The Labute approximate surface area is 335 Å². The quantitative estimate of drug-likeness (QED) is 0.154. The number of hydrogen-bond donors (Lipinski definition) is 0. The molecule has 6 aliphatic carbocycles. The van der Waals surface area contributed by atoms with Gasteiger partial charge in [-0.1, -0.05) is 62.3 Å². The first-order valence-electron chi connectivity index (χ1n) is 16.7. The van der Waals surface area contributed by atoms with Crippen LogP contribution in [0.3, 0.4) is 0 Å². The molecular weight excluding hydrogens is 872 g/mol. The van der Waals surface area contributed by atoms with Crippen LogP contribution >= 0.6 is 0 Å². The predicted octanol–water partition coefficient (Wildman–Crippen LogP) is 6.56. The summed E-state index contributed by atoms with van der Waals surface area (Å²) in [5.74, 6) is -9.25. The SMILES string of the molecule is CC12CCC(/C(=C(/[O-])C(F)(F)F)C1=O)C2(C)C.CC12CCC(/C(=C(/[O-])C(F)(F)F)C1=O)C2(C)C.CC12CCC(/C(=C(\[O-])C(F)(F)F)C1=O)C2(C)C.[Yb+3]. The van der Waals surface area contributed by atoms with E-state index in [0.29, 0.717) is 38.5 Å². The summed E-state index contributed by atoms with van der Waals surface area (Å²) in [7, 11) is 0. The van der Waals surface area contributed by atoms with Gasteiger partial charge in [-0.05, 0) is 107 Å². The third-order valence-corrected chi connectivity index (χ3v) is 14.5. The van der Waals surface area contributed by atoms with Crippen LogP contribution in [0.4, 0.5) is 39.5 Å².